The van der Waals surface area contributed by atoms with Crippen molar-refractivity contribution >= 4 is 112 Å². The first-order chi connectivity index (χ1) is 34.3. The summed E-state index contributed by atoms with van der Waals surface area (Å²) in [5.74, 6) is 0.667. The summed E-state index contributed by atoms with van der Waals surface area (Å²) in [6.45, 7) is 9.96. The van der Waals surface area contributed by atoms with Crippen LogP contribution < -0.4 is 42.5 Å². The van der Waals surface area contributed by atoms with Crippen LogP contribution in [0.15, 0.2) is 97.1 Å². The van der Waals surface area contributed by atoms with Gasteiger partial charge in [0.25, 0.3) is 0 Å². The van der Waals surface area contributed by atoms with Gasteiger partial charge >= 0.3 is 0 Å². The quantitative estimate of drug-likeness (QED) is 0.0303. The van der Waals surface area contributed by atoms with Gasteiger partial charge in [-0.1, -0.05) is 188 Å². The highest BCUT2D eigenvalue weighted by Crippen LogP contribution is 2.35. The lowest BCUT2D eigenvalue weighted by atomic mass is 9.91. The van der Waals surface area contributed by atoms with Gasteiger partial charge in [0.1, 0.15) is 0 Å². The van der Waals surface area contributed by atoms with Crippen molar-refractivity contribution in [3.8, 4) is 0 Å². The van der Waals surface area contributed by atoms with Crippen LogP contribution in [0.4, 0.5) is 0 Å². The molecule has 0 saturated carbocycles. The molecule has 12 heteroatoms. The van der Waals surface area contributed by atoms with E-state index in [0.717, 1.165) is 39.0 Å². The van der Waals surface area contributed by atoms with Gasteiger partial charge in [-0.15, -0.1) is 0 Å². The Hall–Kier alpha value is -4.88. The van der Waals surface area contributed by atoms with Crippen LogP contribution in [0.5, 0.6) is 0 Å². The maximum atomic E-state index is 6.01. The van der Waals surface area contributed by atoms with Gasteiger partial charge in [0, 0.05) is 52.4 Å². The van der Waals surface area contributed by atoms with Crippen LogP contribution in [-0.4, -0.2) is 46.6 Å². The van der Waals surface area contributed by atoms with Gasteiger partial charge in [-0.25, -0.2) is 0 Å². The fourth-order valence-electron chi connectivity index (χ4n) is 10.2. The first kappa shape index (κ1) is 52.9. The summed E-state index contributed by atoms with van der Waals surface area (Å²) in [5.41, 5.74) is 4.92. The Morgan fingerprint density at radius 3 is 0.757 bits per heavy atom. The Bertz CT molecular complexity index is 2230. The molecule has 0 fully saturated rings. The molecular formula is C58H76N8S4. The zero-order valence-electron chi connectivity index (χ0n) is 41.6. The third kappa shape index (κ3) is 15.1. The molecule has 1 aliphatic rings. The van der Waals surface area contributed by atoms with E-state index in [-0.39, 0.29) is 0 Å². The van der Waals surface area contributed by atoms with Crippen molar-refractivity contribution in [1.29, 1.82) is 0 Å². The van der Waals surface area contributed by atoms with Gasteiger partial charge in [0.2, 0.25) is 0 Å². The fourth-order valence-corrected chi connectivity index (χ4v) is 10.9. The first-order valence-corrected chi connectivity index (χ1v) is 27.9. The Morgan fingerprint density at radius 1 is 0.314 bits per heavy atom. The van der Waals surface area contributed by atoms with Gasteiger partial charge in [-0.3, -0.25) is 0 Å². The minimum absolute atomic E-state index is 0.334. The number of hydrogen-bond acceptors (Lipinski definition) is 4. The summed E-state index contributed by atoms with van der Waals surface area (Å²) in [6.07, 6.45) is 17.3. The molecule has 6 aromatic rings. The molecule has 372 valence electrons. The van der Waals surface area contributed by atoms with E-state index in [9.17, 15) is 0 Å². The molecular weight excluding hydrogens is 937 g/mol. The normalized spacial score (nSPS) is 17.2. The molecule has 6 aromatic carbocycles. The summed E-state index contributed by atoms with van der Waals surface area (Å²) in [4.78, 5) is 0. The number of fused-ring (bicyclic) bond motifs is 6. The van der Waals surface area contributed by atoms with Crippen molar-refractivity contribution in [2.45, 2.75) is 130 Å². The number of rotatable bonds is 14. The van der Waals surface area contributed by atoms with Gasteiger partial charge in [-0.05, 0) is 139 Å². The lowest BCUT2D eigenvalue weighted by Gasteiger charge is -2.23. The molecule has 1 heterocycles. The smallest absolute Gasteiger partial charge is 0.166 e. The molecule has 1 aliphatic heterocycles. The first-order valence-electron chi connectivity index (χ1n) is 26.2. The third-order valence-electron chi connectivity index (χ3n) is 14.1. The topological polar surface area (TPSA) is 96.2 Å². The molecule has 8 N–H and O–H groups in total. The highest BCUT2D eigenvalue weighted by molar-refractivity contribution is 7.80. The van der Waals surface area contributed by atoms with Crippen LogP contribution in [0.25, 0.3) is 43.1 Å². The van der Waals surface area contributed by atoms with Crippen LogP contribution in [0.1, 0.15) is 126 Å². The van der Waals surface area contributed by atoms with E-state index in [0.29, 0.717) is 58.5 Å². The molecule has 0 atom stereocenters. The van der Waals surface area contributed by atoms with Crippen molar-refractivity contribution < 1.29 is 0 Å². The molecule has 0 amide bonds. The van der Waals surface area contributed by atoms with E-state index in [1.807, 2.05) is 0 Å². The van der Waals surface area contributed by atoms with E-state index in [1.54, 1.807) is 0 Å². The summed E-state index contributed by atoms with van der Waals surface area (Å²) < 4.78 is 0. The predicted molar refractivity (Wildman–Crippen MR) is 316 cm³/mol. The molecule has 0 saturated heterocycles. The lowest BCUT2D eigenvalue weighted by molar-refractivity contribution is 0.438. The fraction of sp³-hybridized carbons (Fsp3) is 0.448. The van der Waals surface area contributed by atoms with E-state index >= 15 is 0 Å². The Balaban J connectivity index is 1.14. The van der Waals surface area contributed by atoms with Crippen LogP contribution in [-0.2, 0) is 26.2 Å². The standard InChI is InChI=1S/C58H76N8S4/c1-3-5-7-9-11-13-23-41-33-59-55(67)63-37-51-43-25-15-19-29-47(43)53(48-30-20-16-26-44(48)51)39-65-57(69)61-35-42(24-14-12-10-8-6-4-2)36-62-58(70)66-40-54-49-31-21-17-27-45(49)52(38-64-56(68)60-34-41)46-28-18-22-32-50(46)54/h15-22,25-32,41-42H,3-14,23-24,33-40H2,1-2H3,(H2,59,63,67)(H2,60,64,68)(H2,61,65,69)(H2,62,66,70). The van der Waals surface area contributed by atoms with Gasteiger partial charge in [0.15, 0.2) is 20.4 Å². The average molecular weight is 1010 g/mol. The largest absolute Gasteiger partial charge is 0.362 e. The Labute approximate surface area is 439 Å². The van der Waals surface area contributed by atoms with E-state index in [2.05, 4.69) is 153 Å². The van der Waals surface area contributed by atoms with E-state index in [4.69, 9.17) is 48.9 Å². The highest BCUT2D eigenvalue weighted by Gasteiger charge is 2.19. The summed E-state index contributed by atoms with van der Waals surface area (Å²) in [5, 5.41) is 41.2. The van der Waals surface area contributed by atoms with Crippen LogP contribution in [0.3, 0.4) is 0 Å². The van der Waals surface area contributed by atoms with Crippen LogP contribution >= 0.6 is 48.9 Å². The third-order valence-corrected chi connectivity index (χ3v) is 15.3. The molecule has 0 unspecified atom stereocenters. The number of nitrogens with one attached hydrogen (secondary N) is 8. The molecule has 0 radical (unpaired) electrons. The number of thiocarbonyl (C=S) groups is 4. The second-order valence-corrected chi connectivity index (χ2v) is 20.8. The second-order valence-electron chi connectivity index (χ2n) is 19.2. The van der Waals surface area contributed by atoms with Crippen molar-refractivity contribution in [3.63, 3.8) is 0 Å². The Kier molecular flexibility index (Phi) is 21.4. The molecule has 4 bridgehead atoms. The number of benzene rings is 6. The lowest BCUT2D eigenvalue weighted by Crippen LogP contribution is -2.43. The minimum atomic E-state index is 0.334. The molecule has 0 aromatic heterocycles. The average Bonchev–Trinajstić information content (AvgIpc) is 3.38. The minimum Gasteiger partial charge on any atom is -0.362 e. The highest BCUT2D eigenvalue weighted by atomic mass is 32.1. The van der Waals surface area contributed by atoms with Crippen LogP contribution in [0.2, 0.25) is 0 Å². The van der Waals surface area contributed by atoms with Crippen molar-refractivity contribution in [2.75, 3.05) is 26.2 Å². The van der Waals surface area contributed by atoms with Crippen molar-refractivity contribution in [3.05, 3.63) is 119 Å². The maximum absolute atomic E-state index is 6.01. The monoisotopic (exact) mass is 1010 g/mol. The SMILES string of the molecule is CCCCCCCCC1CNC(=S)NCc2c3ccccc3c(c3ccccc23)CNC(=S)NCC(CCCCCCCC)CNC(=S)NCc2c3ccccc3c(c3ccccc23)CNC(=S)NC1. The van der Waals surface area contributed by atoms with Gasteiger partial charge in [0.05, 0.1) is 0 Å². The zero-order chi connectivity index (χ0) is 48.9. The second kappa shape index (κ2) is 28.2. The number of unbranched alkanes of at least 4 members (excludes halogenated alkanes) is 10. The Morgan fingerprint density at radius 2 is 0.529 bits per heavy atom. The van der Waals surface area contributed by atoms with Gasteiger partial charge in [-0.2, -0.15) is 0 Å². The maximum Gasteiger partial charge on any atom is 0.166 e. The molecule has 7 rings (SSSR count). The molecule has 8 nitrogen and oxygen atoms in total. The summed E-state index contributed by atoms with van der Waals surface area (Å²) >= 11 is 24.0. The van der Waals surface area contributed by atoms with Gasteiger partial charge < -0.3 is 42.5 Å². The zero-order valence-corrected chi connectivity index (χ0v) is 44.8. The molecule has 0 spiro atoms. The molecule has 0 aliphatic carbocycles. The van der Waals surface area contributed by atoms with Crippen molar-refractivity contribution in [1.82, 2.24) is 42.5 Å². The predicted octanol–water partition coefficient (Wildman–Crippen LogP) is 12.6. The van der Waals surface area contributed by atoms with E-state index in [1.165, 1.54) is 142 Å². The van der Waals surface area contributed by atoms with Crippen LogP contribution in [0, 0.1) is 11.8 Å². The van der Waals surface area contributed by atoms with E-state index < -0.39 is 0 Å². The molecule has 70 heavy (non-hydrogen) atoms. The van der Waals surface area contributed by atoms with Crippen molar-refractivity contribution in [2.24, 2.45) is 11.8 Å². The summed E-state index contributed by atoms with van der Waals surface area (Å²) in [6, 6.07) is 34.9. The summed E-state index contributed by atoms with van der Waals surface area (Å²) in [7, 11) is 0. The number of hydrogen-bond donors (Lipinski definition) is 8.